The van der Waals surface area contributed by atoms with Gasteiger partial charge in [-0.1, -0.05) is 43.3 Å². The van der Waals surface area contributed by atoms with Gasteiger partial charge in [-0.25, -0.2) is 13.1 Å². The number of aliphatic imine (C=N–C) groups is 1. The van der Waals surface area contributed by atoms with Gasteiger partial charge in [0.25, 0.3) is 10.0 Å². The molecule has 0 spiro atoms. The molecule has 0 fully saturated rings. The van der Waals surface area contributed by atoms with Gasteiger partial charge in [0, 0.05) is 12.5 Å². The lowest BCUT2D eigenvalue weighted by atomic mass is 9.99. The predicted octanol–water partition coefficient (Wildman–Crippen LogP) is 2.24. The van der Waals surface area contributed by atoms with Crippen LogP contribution in [-0.2, 0) is 19.6 Å². The molecular formula is C18H27N3O4S2. The van der Waals surface area contributed by atoms with Gasteiger partial charge in [-0.05, 0) is 37.7 Å². The van der Waals surface area contributed by atoms with Crippen LogP contribution < -0.4 is 10.5 Å². The minimum absolute atomic E-state index is 0.0541. The highest BCUT2D eigenvalue weighted by molar-refractivity contribution is 8.13. The van der Waals surface area contributed by atoms with E-state index in [0.29, 0.717) is 18.6 Å². The fourth-order valence-corrected chi connectivity index (χ4v) is 3.75. The van der Waals surface area contributed by atoms with E-state index in [9.17, 15) is 18.0 Å². The van der Waals surface area contributed by atoms with Gasteiger partial charge in [0.2, 0.25) is 5.96 Å². The second-order valence-electron chi connectivity index (χ2n) is 6.18. The third-order valence-corrected chi connectivity index (χ3v) is 5.95. The molecule has 27 heavy (non-hydrogen) atoms. The molecule has 0 amide bonds. The van der Waals surface area contributed by atoms with Gasteiger partial charge in [0.05, 0.1) is 11.3 Å². The first-order chi connectivity index (χ1) is 12.7. The molecule has 1 aromatic carbocycles. The third kappa shape index (κ3) is 8.57. The Morgan fingerprint density at radius 3 is 2.48 bits per heavy atom. The molecule has 3 N–H and O–H groups in total. The zero-order valence-electron chi connectivity index (χ0n) is 15.9. The number of hydrogen-bond acceptors (Lipinski definition) is 6. The number of carbonyl (C=O) groups is 2. The standard InChI is InChI=1S/C18H27N3O4S2/c1-4-26-17(23)12-16(22)14(3)6-5-11-20-18(19)21-27(24,25)15-9-7-13(2)8-10-15/h7-10,14H,4-6,11-12H2,1-3H3,(H3,19,20,21). The summed E-state index contributed by atoms with van der Waals surface area (Å²) in [6.45, 7) is 5.80. The number of sulfonamides is 1. The molecule has 0 aromatic heterocycles. The molecular weight excluding hydrogens is 386 g/mol. The topological polar surface area (TPSA) is 119 Å². The van der Waals surface area contributed by atoms with E-state index >= 15 is 0 Å². The lowest BCUT2D eigenvalue weighted by molar-refractivity contribution is -0.126. The maximum Gasteiger partial charge on any atom is 0.264 e. The molecule has 1 rings (SSSR count). The molecule has 1 aromatic rings. The van der Waals surface area contributed by atoms with Gasteiger partial charge in [-0.15, -0.1) is 0 Å². The summed E-state index contributed by atoms with van der Waals surface area (Å²) < 4.78 is 26.6. The van der Waals surface area contributed by atoms with Crippen LogP contribution in [0.25, 0.3) is 0 Å². The summed E-state index contributed by atoms with van der Waals surface area (Å²) >= 11 is 1.15. The smallest absolute Gasteiger partial charge is 0.264 e. The Balaban J connectivity index is 2.45. The largest absolute Gasteiger partial charge is 0.369 e. The minimum Gasteiger partial charge on any atom is -0.369 e. The Hall–Kier alpha value is -1.87. The Morgan fingerprint density at radius 1 is 1.26 bits per heavy atom. The number of benzene rings is 1. The van der Waals surface area contributed by atoms with Crippen molar-refractivity contribution in [1.82, 2.24) is 4.72 Å². The average Bonchev–Trinajstić information content (AvgIpc) is 2.58. The Kier molecular flexibility index (Phi) is 9.51. The summed E-state index contributed by atoms with van der Waals surface area (Å²) in [5.41, 5.74) is 6.60. The van der Waals surface area contributed by atoms with E-state index in [-0.39, 0.29) is 40.6 Å². The maximum absolute atomic E-state index is 12.2. The SMILES string of the molecule is CCSC(=O)CC(=O)C(C)CCCN=C(N)NS(=O)(=O)c1ccc(C)cc1. The number of nitrogens with one attached hydrogen (secondary N) is 1. The highest BCUT2D eigenvalue weighted by atomic mass is 32.2. The van der Waals surface area contributed by atoms with Crippen LogP contribution in [0, 0.1) is 12.8 Å². The molecule has 0 aliphatic carbocycles. The second-order valence-corrected chi connectivity index (χ2v) is 9.18. The highest BCUT2D eigenvalue weighted by Gasteiger charge is 2.17. The number of nitrogens with two attached hydrogens (primary N) is 1. The Bertz CT molecular complexity index is 774. The fourth-order valence-electron chi connectivity index (χ4n) is 2.23. The van der Waals surface area contributed by atoms with E-state index in [1.165, 1.54) is 12.1 Å². The fraction of sp³-hybridized carbons (Fsp3) is 0.500. The van der Waals surface area contributed by atoms with E-state index in [2.05, 4.69) is 9.71 Å². The molecule has 0 bridgehead atoms. The summed E-state index contributed by atoms with van der Waals surface area (Å²) in [6.07, 6.45) is 1.07. The first kappa shape index (κ1) is 23.2. The van der Waals surface area contributed by atoms with E-state index in [1.54, 1.807) is 19.1 Å². The van der Waals surface area contributed by atoms with E-state index in [0.717, 1.165) is 17.3 Å². The van der Waals surface area contributed by atoms with Gasteiger partial charge in [-0.2, -0.15) is 0 Å². The number of carbonyl (C=O) groups excluding carboxylic acids is 2. The molecule has 7 nitrogen and oxygen atoms in total. The summed E-state index contributed by atoms with van der Waals surface area (Å²) in [5.74, 6) is 0.140. The van der Waals surface area contributed by atoms with Crippen molar-refractivity contribution < 1.29 is 18.0 Å². The number of rotatable bonds is 10. The lowest BCUT2D eigenvalue weighted by Crippen LogP contribution is -2.36. The molecule has 1 unspecified atom stereocenters. The van der Waals surface area contributed by atoms with Crippen molar-refractivity contribution >= 4 is 38.6 Å². The highest BCUT2D eigenvalue weighted by Crippen LogP contribution is 2.13. The minimum atomic E-state index is -3.76. The Morgan fingerprint density at radius 2 is 1.89 bits per heavy atom. The van der Waals surface area contributed by atoms with E-state index in [1.807, 2.05) is 13.8 Å². The first-order valence-electron chi connectivity index (χ1n) is 8.73. The van der Waals surface area contributed by atoms with Crippen LogP contribution in [-0.4, -0.2) is 37.6 Å². The van der Waals surface area contributed by atoms with E-state index < -0.39 is 10.0 Å². The van der Waals surface area contributed by atoms with Crippen LogP contribution in [0.4, 0.5) is 0 Å². The van der Waals surface area contributed by atoms with Crippen LogP contribution in [0.2, 0.25) is 0 Å². The van der Waals surface area contributed by atoms with Crippen LogP contribution >= 0.6 is 11.8 Å². The van der Waals surface area contributed by atoms with Crippen LogP contribution in [0.15, 0.2) is 34.2 Å². The van der Waals surface area contributed by atoms with Crippen molar-refractivity contribution in [3.63, 3.8) is 0 Å². The van der Waals surface area contributed by atoms with Crippen molar-refractivity contribution in [3.05, 3.63) is 29.8 Å². The Labute approximate surface area is 165 Å². The average molecular weight is 414 g/mol. The van der Waals surface area contributed by atoms with Gasteiger partial charge in [-0.3, -0.25) is 14.6 Å². The zero-order chi connectivity index (χ0) is 20.4. The third-order valence-electron chi connectivity index (χ3n) is 3.82. The molecule has 0 aliphatic rings. The van der Waals surface area contributed by atoms with Gasteiger partial charge in [0.15, 0.2) is 5.12 Å². The number of nitrogens with zero attached hydrogens (tertiary/aromatic N) is 1. The van der Waals surface area contributed by atoms with Gasteiger partial charge < -0.3 is 5.73 Å². The molecule has 0 saturated heterocycles. The molecule has 1 atom stereocenters. The lowest BCUT2D eigenvalue weighted by Gasteiger charge is -2.09. The summed E-state index contributed by atoms with van der Waals surface area (Å²) in [4.78, 5) is 27.5. The number of thioether (sulfide) groups is 1. The molecule has 0 aliphatic heterocycles. The normalized spacial score (nSPS) is 13.2. The number of ketones is 1. The van der Waals surface area contributed by atoms with Gasteiger partial charge >= 0.3 is 0 Å². The van der Waals surface area contributed by atoms with Crippen LogP contribution in [0.5, 0.6) is 0 Å². The maximum atomic E-state index is 12.2. The van der Waals surface area contributed by atoms with Gasteiger partial charge in [0.1, 0.15) is 5.78 Å². The molecule has 150 valence electrons. The van der Waals surface area contributed by atoms with Crippen molar-refractivity contribution in [2.75, 3.05) is 12.3 Å². The zero-order valence-corrected chi connectivity index (χ0v) is 17.5. The van der Waals surface area contributed by atoms with Crippen molar-refractivity contribution in [2.24, 2.45) is 16.6 Å². The van der Waals surface area contributed by atoms with Crippen LogP contribution in [0.3, 0.4) is 0 Å². The first-order valence-corrected chi connectivity index (χ1v) is 11.2. The molecule has 0 saturated carbocycles. The summed E-state index contributed by atoms with van der Waals surface area (Å²) in [6, 6.07) is 6.39. The molecule has 0 heterocycles. The van der Waals surface area contributed by atoms with E-state index in [4.69, 9.17) is 5.73 Å². The van der Waals surface area contributed by atoms with Crippen molar-refractivity contribution in [1.29, 1.82) is 0 Å². The summed E-state index contributed by atoms with van der Waals surface area (Å²) in [7, 11) is -3.76. The number of Topliss-reactive ketones (excluding diaryl/α,β-unsaturated/α-hetero) is 1. The quantitative estimate of drug-likeness (QED) is 0.263. The molecule has 9 heteroatoms. The molecule has 0 radical (unpaired) electrons. The summed E-state index contributed by atoms with van der Waals surface area (Å²) in [5, 5.41) is -0.109. The number of aryl methyl sites for hydroxylation is 1. The number of hydrogen-bond donors (Lipinski definition) is 2. The van der Waals surface area contributed by atoms with Crippen molar-refractivity contribution in [2.45, 2.75) is 44.9 Å². The predicted molar refractivity (Wildman–Crippen MR) is 109 cm³/mol. The number of guanidine groups is 1. The monoisotopic (exact) mass is 413 g/mol. The van der Waals surface area contributed by atoms with Crippen molar-refractivity contribution in [3.8, 4) is 0 Å². The second kappa shape index (κ2) is 11.1. The van der Waals surface area contributed by atoms with Crippen LogP contribution in [0.1, 0.15) is 38.7 Å².